The maximum absolute atomic E-state index is 2.46. The van der Waals surface area contributed by atoms with Gasteiger partial charge in [0.25, 0.3) is 0 Å². The topological polar surface area (TPSA) is 3.24 Å². The molecule has 11 aromatic rings. The van der Waals surface area contributed by atoms with Gasteiger partial charge in [0.05, 0.1) is 0 Å². The van der Waals surface area contributed by atoms with E-state index < -0.39 is 13.3 Å². The molecule has 0 spiro atoms. The minimum Gasteiger partial charge on any atom is -0.0616 e. The van der Waals surface area contributed by atoms with Gasteiger partial charge in [0.15, 0.2) is 0 Å². The van der Waals surface area contributed by atoms with Crippen LogP contribution in [-0.2, 0) is 0 Å². The van der Waals surface area contributed by atoms with Gasteiger partial charge in [-0.1, -0.05) is 115 Å². The average Bonchev–Trinajstić information content (AvgIpc) is 3.33. The van der Waals surface area contributed by atoms with E-state index in [1.165, 1.54) is 97.6 Å². The molecule has 0 aliphatic rings. The third kappa shape index (κ3) is 6.98. The number of aryl methyl sites for hydroxylation is 1. The van der Waals surface area contributed by atoms with Gasteiger partial charge in [-0.05, 0) is 56.3 Å². The Bertz CT molecular complexity index is 3410. The summed E-state index contributed by atoms with van der Waals surface area (Å²) in [4.78, 5) is 2.39. The molecule has 0 saturated carbocycles. The molecule has 0 heterocycles. The summed E-state index contributed by atoms with van der Waals surface area (Å²) in [6.45, 7) is 2.18. The van der Waals surface area contributed by atoms with Gasteiger partial charge in [-0.2, -0.15) is 0 Å². The molecule has 0 saturated heterocycles. The standard InChI is InChI=1S/C62H49GeN/c1-42-18-16-19-45(40-42)61-55-28-12-8-24-51(55)59(52-25-9-13-29-56(52)61)43-32-34-44(35-33-43)60-53-26-10-14-30-57(53)62(58-31-15-11-27-54(58)60)46-20-17-23-50(41-46)64(48-21-6-5-7-22-48)49-38-36-47(37-39-49)63(2,3)4/h5-41H,1-4H3. The molecule has 0 aliphatic heterocycles. The minimum atomic E-state index is -1.99. The molecule has 64 heavy (non-hydrogen) atoms. The summed E-state index contributed by atoms with van der Waals surface area (Å²) in [5.41, 5.74) is 14.7. The first kappa shape index (κ1) is 39.6. The van der Waals surface area contributed by atoms with Crippen molar-refractivity contribution in [3.8, 4) is 44.5 Å². The summed E-state index contributed by atoms with van der Waals surface area (Å²) < 4.78 is 1.51. The van der Waals surface area contributed by atoms with E-state index in [0.29, 0.717) is 0 Å². The SMILES string of the molecule is Cc1cccc(-c2c3ccccc3c(-c3ccc(-c4c5ccccc5c(-c5cccc(N(c6ccccc6)c6cc[c]([Ge]([CH3])([CH3])[CH3])cc6)c5)c5ccccc45)cc3)c3ccccc23)c1. The third-order valence-electron chi connectivity index (χ3n) is 13.0. The zero-order chi connectivity index (χ0) is 43.4. The summed E-state index contributed by atoms with van der Waals surface area (Å²) in [5, 5.41) is 10.1. The number of benzene rings is 11. The van der Waals surface area contributed by atoms with Crippen molar-refractivity contribution in [3.63, 3.8) is 0 Å². The van der Waals surface area contributed by atoms with Crippen LogP contribution in [0.5, 0.6) is 0 Å². The smallest absolute Gasteiger partial charge is 0.00927 e. The van der Waals surface area contributed by atoms with Crippen molar-refractivity contribution < 1.29 is 0 Å². The second-order valence-electron chi connectivity index (χ2n) is 18.1. The van der Waals surface area contributed by atoms with Crippen LogP contribution < -0.4 is 9.30 Å². The third-order valence-corrected chi connectivity index (χ3v) is 17.4. The monoisotopic (exact) mass is 881 g/mol. The van der Waals surface area contributed by atoms with E-state index in [1.54, 1.807) is 0 Å². The fraction of sp³-hybridized carbons (Fsp3) is 0.0645. The van der Waals surface area contributed by atoms with E-state index >= 15 is 0 Å². The zero-order valence-corrected chi connectivity index (χ0v) is 38.9. The maximum atomic E-state index is 2.46. The molecule has 0 atom stereocenters. The number of rotatable bonds is 8. The molecule has 0 amide bonds. The van der Waals surface area contributed by atoms with Crippen molar-refractivity contribution in [1.82, 2.24) is 0 Å². The average molecular weight is 881 g/mol. The Morgan fingerprint density at radius 1 is 0.281 bits per heavy atom. The molecule has 0 aromatic heterocycles. The first-order valence-corrected chi connectivity index (χ1v) is 29.8. The van der Waals surface area contributed by atoms with E-state index in [1.807, 2.05) is 0 Å². The molecule has 1 nitrogen and oxygen atoms in total. The molecule has 306 valence electrons. The summed E-state index contributed by atoms with van der Waals surface area (Å²) in [6, 6.07) is 83.3. The molecule has 0 aliphatic carbocycles. The second-order valence-corrected chi connectivity index (χ2v) is 28.8. The Morgan fingerprint density at radius 2 is 0.625 bits per heavy atom. The maximum Gasteiger partial charge on any atom is -0.00927 e. The largest absolute Gasteiger partial charge is 0.0616 e. The van der Waals surface area contributed by atoms with Gasteiger partial charge in [0.1, 0.15) is 0 Å². The first-order chi connectivity index (χ1) is 31.3. The van der Waals surface area contributed by atoms with Crippen molar-refractivity contribution in [2.45, 2.75) is 24.2 Å². The van der Waals surface area contributed by atoms with Crippen LogP contribution in [0, 0.1) is 6.92 Å². The number of fused-ring (bicyclic) bond motifs is 4. The van der Waals surface area contributed by atoms with Crippen molar-refractivity contribution in [2.24, 2.45) is 0 Å². The Hall–Kier alpha value is -7.20. The van der Waals surface area contributed by atoms with E-state index in [2.05, 4.69) is 254 Å². The fourth-order valence-electron chi connectivity index (χ4n) is 10.0. The van der Waals surface area contributed by atoms with Crippen LogP contribution in [-0.4, -0.2) is 13.3 Å². The van der Waals surface area contributed by atoms with E-state index in [9.17, 15) is 0 Å². The van der Waals surface area contributed by atoms with Crippen molar-refractivity contribution in [3.05, 3.63) is 230 Å². The predicted octanol–water partition coefficient (Wildman–Crippen LogP) is 17.3. The van der Waals surface area contributed by atoms with Crippen LogP contribution in [0.4, 0.5) is 17.1 Å². The number of hydrogen-bond acceptors (Lipinski definition) is 1. The minimum absolute atomic E-state index is 1.13. The van der Waals surface area contributed by atoms with Crippen LogP contribution in [0.3, 0.4) is 0 Å². The van der Waals surface area contributed by atoms with E-state index in [0.717, 1.165) is 17.1 Å². The molecule has 2 heteroatoms. The number of para-hydroxylation sites is 1. The van der Waals surface area contributed by atoms with Crippen LogP contribution >= 0.6 is 0 Å². The van der Waals surface area contributed by atoms with Crippen LogP contribution in [0.1, 0.15) is 5.56 Å². The Labute approximate surface area is 379 Å². The first-order valence-electron chi connectivity index (χ1n) is 22.4. The Morgan fingerprint density at radius 3 is 1.03 bits per heavy atom. The van der Waals surface area contributed by atoms with Gasteiger partial charge in [-0.25, -0.2) is 0 Å². The normalized spacial score (nSPS) is 11.8. The Kier molecular flexibility index (Phi) is 10.0. The number of hydrogen-bond donors (Lipinski definition) is 0. The van der Waals surface area contributed by atoms with Gasteiger partial charge in [-0.15, -0.1) is 0 Å². The van der Waals surface area contributed by atoms with Crippen LogP contribution in [0.25, 0.3) is 87.6 Å². The fourth-order valence-corrected chi connectivity index (χ4v) is 12.5. The van der Waals surface area contributed by atoms with Gasteiger partial charge in [-0.3, -0.25) is 0 Å². The molecular weight excluding hydrogens is 831 g/mol. The molecule has 0 unspecified atom stereocenters. The van der Waals surface area contributed by atoms with Crippen molar-refractivity contribution in [2.75, 3.05) is 4.90 Å². The van der Waals surface area contributed by atoms with Gasteiger partial charge < -0.3 is 0 Å². The van der Waals surface area contributed by atoms with Crippen LogP contribution in [0.2, 0.25) is 17.3 Å². The second kappa shape index (κ2) is 16.2. The molecular formula is C62H49GeN. The summed E-state index contributed by atoms with van der Waals surface area (Å²) in [6.07, 6.45) is 0. The van der Waals surface area contributed by atoms with Crippen LogP contribution in [0.15, 0.2) is 224 Å². The van der Waals surface area contributed by atoms with Crippen molar-refractivity contribution >= 4 is 77.8 Å². The van der Waals surface area contributed by atoms with Gasteiger partial charge in [0, 0.05) is 0 Å². The van der Waals surface area contributed by atoms with Gasteiger partial charge >= 0.3 is 210 Å². The molecule has 0 bridgehead atoms. The zero-order valence-electron chi connectivity index (χ0n) is 36.8. The van der Waals surface area contributed by atoms with Crippen molar-refractivity contribution in [1.29, 1.82) is 0 Å². The van der Waals surface area contributed by atoms with E-state index in [4.69, 9.17) is 0 Å². The summed E-state index contributed by atoms with van der Waals surface area (Å²) >= 11 is -1.99. The summed E-state index contributed by atoms with van der Waals surface area (Å²) in [5.74, 6) is 7.37. The molecule has 0 radical (unpaired) electrons. The predicted molar refractivity (Wildman–Crippen MR) is 281 cm³/mol. The van der Waals surface area contributed by atoms with Gasteiger partial charge in [0.2, 0.25) is 0 Å². The van der Waals surface area contributed by atoms with E-state index in [-0.39, 0.29) is 0 Å². The molecule has 0 fully saturated rings. The quantitative estimate of drug-likeness (QED) is 0.109. The molecule has 0 N–H and O–H groups in total. The molecule has 11 rings (SSSR count). The number of anilines is 3. The summed E-state index contributed by atoms with van der Waals surface area (Å²) in [7, 11) is 0. The Balaban J connectivity index is 1.06. The molecule has 11 aromatic carbocycles. The number of nitrogens with zero attached hydrogens (tertiary/aromatic N) is 1.